The van der Waals surface area contributed by atoms with Crippen LogP contribution in [0.3, 0.4) is 0 Å². The van der Waals surface area contributed by atoms with Gasteiger partial charge >= 0.3 is 5.97 Å². The third-order valence-corrected chi connectivity index (χ3v) is 4.51. The normalized spacial score (nSPS) is 47.8. The Balaban J connectivity index is 1.76. The molecular weight excluding hydrogens is 276 g/mol. The molecule has 7 atom stereocenters. The number of ether oxygens (including phenoxy) is 5. The second-order valence-corrected chi connectivity index (χ2v) is 5.56. The van der Waals surface area contributed by atoms with Crippen molar-refractivity contribution in [2.45, 2.75) is 42.6 Å². The minimum Gasteiger partial charge on any atom is -0.387 e. The van der Waals surface area contributed by atoms with Gasteiger partial charge in [-0.1, -0.05) is 30.3 Å². The summed E-state index contributed by atoms with van der Waals surface area (Å²) in [4.78, 5) is 0. The average molecular weight is 294 g/mol. The van der Waals surface area contributed by atoms with E-state index in [0.29, 0.717) is 0 Å². The first-order chi connectivity index (χ1) is 10.2. The van der Waals surface area contributed by atoms with E-state index >= 15 is 0 Å². The van der Waals surface area contributed by atoms with E-state index in [1.165, 1.54) is 0 Å². The quantitative estimate of drug-likeness (QED) is 0.869. The van der Waals surface area contributed by atoms with Crippen LogP contribution in [0.5, 0.6) is 0 Å². The van der Waals surface area contributed by atoms with E-state index < -0.39 is 24.3 Å². The predicted molar refractivity (Wildman–Crippen MR) is 70.3 cm³/mol. The predicted octanol–water partition coefficient (Wildman–Crippen LogP) is 0.384. The van der Waals surface area contributed by atoms with Gasteiger partial charge in [0, 0.05) is 19.8 Å². The molecule has 3 saturated heterocycles. The zero-order chi connectivity index (χ0) is 14.6. The van der Waals surface area contributed by atoms with Crippen molar-refractivity contribution < 1.29 is 28.8 Å². The van der Waals surface area contributed by atoms with E-state index in [-0.39, 0.29) is 18.3 Å². The SMILES string of the molecule is CO[C@@H]1C2OC3(c4ccccc4)O[C@@H]1C(O)[C@H](O3)[C@H]2OC. The third kappa shape index (κ3) is 1.75. The van der Waals surface area contributed by atoms with Gasteiger partial charge in [0.1, 0.15) is 36.6 Å². The molecule has 5 rings (SSSR count). The summed E-state index contributed by atoms with van der Waals surface area (Å²) in [7, 11) is 3.16. The minimum atomic E-state index is -1.29. The maximum Gasteiger partial charge on any atom is 0.313 e. The third-order valence-electron chi connectivity index (χ3n) is 4.51. The maximum atomic E-state index is 10.4. The lowest BCUT2D eigenvalue weighted by Crippen LogP contribution is -2.78. The molecule has 114 valence electrons. The van der Waals surface area contributed by atoms with Gasteiger partial charge in [-0.05, 0) is 0 Å². The number of benzene rings is 1. The molecule has 3 aliphatic heterocycles. The van der Waals surface area contributed by atoms with Crippen molar-refractivity contribution in [2.75, 3.05) is 14.2 Å². The van der Waals surface area contributed by atoms with Gasteiger partial charge in [0.25, 0.3) is 0 Å². The summed E-state index contributed by atoms with van der Waals surface area (Å²) in [6, 6.07) is 9.45. The molecule has 1 aromatic rings. The van der Waals surface area contributed by atoms with Crippen LogP contribution in [0, 0.1) is 0 Å². The molecule has 4 bridgehead atoms. The summed E-state index contributed by atoms with van der Waals surface area (Å²) >= 11 is 0. The smallest absolute Gasteiger partial charge is 0.313 e. The Bertz CT molecular complexity index is 498. The molecule has 1 aromatic carbocycles. The Morgan fingerprint density at radius 2 is 1.43 bits per heavy atom. The Labute approximate surface area is 122 Å². The van der Waals surface area contributed by atoms with Crippen LogP contribution in [-0.2, 0) is 29.7 Å². The van der Waals surface area contributed by atoms with Crippen LogP contribution in [0.2, 0.25) is 0 Å². The van der Waals surface area contributed by atoms with Crippen LogP contribution >= 0.6 is 0 Å². The summed E-state index contributed by atoms with van der Waals surface area (Å²) in [5.41, 5.74) is 0.765. The van der Waals surface area contributed by atoms with E-state index in [2.05, 4.69) is 0 Å². The van der Waals surface area contributed by atoms with Crippen molar-refractivity contribution in [3.63, 3.8) is 0 Å². The summed E-state index contributed by atoms with van der Waals surface area (Å²) in [5, 5.41) is 10.4. The van der Waals surface area contributed by atoms with E-state index in [9.17, 15) is 5.11 Å². The number of aliphatic hydroxyl groups is 1. The molecule has 1 N–H and O–H groups in total. The number of methoxy groups -OCH3 is 2. The number of rotatable bonds is 3. The molecule has 3 unspecified atom stereocenters. The highest BCUT2D eigenvalue weighted by molar-refractivity contribution is 5.22. The van der Waals surface area contributed by atoms with Gasteiger partial charge in [0.15, 0.2) is 0 Å². The largest absolute Gasteiger partial charge is 0.387 e. The topological polar surface area (TPSA) is 66.4 Å². The molecule has 1 aliphatic carbocycles. The Kier molecular flexibility index (Phi) is 3.08. The number of aliphatic hydroxyl groups excluding tert-OH is 1. The zero-order valence-corrected chi connectivity index (χ0v) is 11.8. The van der Waals surface area contributed by atoms with Gasteiger partial charge in [0.2, 0.25) is 0 Å². The van der Waals surface area contributed by atoms with Gasteiger partial charge in [0.05, 0.1) is 0 Å². The Hall–Kier alpha value is -1.02. The highest BCUT2D eigenvalue weighted by Crippen LogP contribution is 2.51. The summed E-state index contributed by atoms with van der Waals surface area (Å²) < 4.78 is 28.8. The van der Waals surface area contributed by atoms with Crippen molar-refractivity contribution in [3.8, 4) is 0 Å². The molecule has 0 radical (unpaired) electrons. The lowest BCUT2D eigenvalue weighted by atomic mass is 9.81. The first-order valence-corrected chi connectivity index (χ1v) is 7.03. The van der Waals surface area contributed by atoms with Gasteiger partial charge in [-0.25, -0.2) is 0 Å². The molecule has 0 spiro atoms. The Morgan fingerprint density at radius 3 is 1.95 bits per heavy atom. The zero-order valence-electron chi connectivity index (χ0n) is 11.8. The van der Waals surface area contributed by atoms with E-state index in [4.69, 9.17) is 23.7 Å². The van der Waals surface area contributed by atoms with Gasteiger partial charge in [-0.3, -0.25) is 0 Å². The molecule has 6 nitrogen and oxygen atoms in total. The standard InChI is InChI=1S/C15H18O6/c1-17-12-10-9(16)11-13(18-2)14(12)21-15(19-10,20-11)8-6-4-3-5-7-8/h3-7,9-14,16H,1-2H3/t9?,10-,11+,12+,13-,14?,15?. The molecular formula is C15H18O6. The molecule has 1 saturated carbocycles. The van der Waals surface area contributed by atoms with Crippen LogP contribution < -0.4 is 0 Å². The van der Waals surface area contributed by atoms with Crippen LogP contribution in [0.4, 0.5) is 0 Å². The van der Waals surface area contributed by atoms with Crippen molar-refractivity contribution in [1.29, 1.82) is 0 Å². The fraction of sp³-hybridized carbons (Fsp3) is 0.600. The first-order valence-electron chi connectivity index (χ1n) is 7.03. The van der Waals surface area contributed by atoms with E-state index in [0.717, 1.165) is 5.56 Å². The van der Waals surface area contributed by atoms with Crippen LogP contribution in [0.1, 0.15) is 5.56 Å². The number of hydrogen-bond donors (Lipinski definition) is 1. The minimum absolute atomic E-state index is 0.346. The summed E-state index contributed by atoms with van der Waals surface area (Å²) in [6.07, 6.45) is -2.93. The Morgan fingerprint density at radius 1 is 0.905 bits per heavy atom. The lowest BCUT2D eigenvalue weighted by molar-refractivity contribution is -0.549. The molecule has 6 heteroatoms. The van der Waals surface area contributed by atoms with Gasteiger partial charge in [-0.15, -0.1) is 0 Å². The number of hydrogen-bond acceptors (Lipinski definition) is 6. The molecule has 0 amide bonds. The molecule has 3 heterocycles. The van der Waals surface area contributed by atoms with Crippen molar-refractivity contribution in [2.24, 2.45) is 0 Å². The van der Waals surface area contributed by atoms with Crippen LogP contribution in [0.15, 0.2) is 30.3 Å². The molecule has 4 fully saturated rings. The second-order valence-electron chi connectivity index (χ2n) is 5.56. The first kappa shape index (κ1) is 13.6. The highest BCUT2D eigenvalue weighted by atomic mass is 16.9. The van der Waals surface area contributed by atoms with Gasteiger partial charge in [-0.2, -0.15) is 0 Å². The van der Waals surface area contributed by atoms with Crippen molar-refractivity contribution >= 4 is 0 Å². The van der Waals surface area contributed by atoms with E-state index in [1.54, 1.807) is 14.2 Å². The van der Waals surface area contributed by atoms with Crippen molar-refractivity contribution in [3.05, 3.63) is 35.9 Å². The molecule has 21 heavy (non-hydrogen) atoms. The fourth-order valence-electron chi connectivity index (χ4n) is 3.55. The maximum absolute atomic E-state index is 10.4. The van der Waals surface area contributed by atoms with Gasteiger partial charge < -0.3 is 28.8 Å². The molecule has 4 aliphatic rings. The lowest BCUT2D eigenvalue weighted by Gasteiger charge is -2.61. The fourth-order valence-corrected chi connectivity index (χ4v) is 3.55. The monoisotopic (exact) mass is 294 g/mol. The second kappa shape index (κ2) is 4.74. The highest BCUT2D eigenvalue weighted by Gasteiger charge is 2.68. The molecule has 0 aromatic heterocycles. The van der Waals surface area contributed by atoms with Crippen LogP contribution in [-0.4, -0.2) is 55.9 Å². The summed E-state index contributed by atoms with van der Waals surface area (Å²) in [6.45, 7) is 0. The summed E-state index contributed by atoms with van der Waals surface area (Å²) in [5.74, 6) is -1.29. The van der Waals surface area contributed by atoms with Crippen LogP contribution in [0.25, 0.3) is 0 Å². The average Bonchev–Trinajstić information content (AvgIpc) is 2.53. The van der Waals surface area contributed by atoms with E-state index in [1.807, 2.05) is 30.3 Å². The van der Waals surface area contributed by atoms with Crippen molar-refractivity contribution in [1.82, 2.24) is 0 Å².